The van der Waals surface area contributed by atoms with Crippen LogP contribution in [-0.2, 0) is 0 Å². The fourth-order valence-electron chi connectivity index (χ4n) is 6.76. The van der Waals surface area contributed by atoms with Crippen LogP contribution in [0.5, 0.6) is 0 Å². The summed E-state index contributed by atoms with van der Waals surface area (Å²) in [7, 11) is 3.24. The van der Waals surface area contributed by atoms with Crippen LogP contribution in [0, 0.1) is 13.8 Å². The smallest absolute Gasteiger partial charge is 0.251 e. The van der Waals surface area contributed by atoms with Crippen molar-refractivity contribution >= 4 is 72.2 Å². The quantitative estimate of drug-likeness (QED) is 0.0978. The number of hydrogen-bond donors (Lipinski definition) is 4. The van der Waals surface area contributed by atoms with E-state index < -0.39 is 0 Å². The van der Waals surface area contributed by atoms with E-state index in [1.54, 1.807) is 64.0 Å². The predicted molar refractivity (Wildman–Crippen MR) is 260 cm³/mol. The summed E-state index contributed by atoms with van der Waals surface area (Å²) in [4.78, 5) is 67.1. The number of benzene rings is 2. The van der Waals surface area contributed by atoms with Crippen molar-refractivity contribution in [2.45, 2.75) is 39.5 Å². The monoisotopic (exact) mass is 896 g/mol. The summed E-state index contributed by atoms with van der Waals surface area (Å²) < 4.78 is 16.2. The highest BCUT2D eigenvalue weighted by atomic mass is 32.1. The van der Waals surface area contributed by atoms with Crippen LogP contribution in [0.15, 0.2) is 110 Å². The second-order valence-corrected chi connectivity index (χ2v) is 14.4. The maximum Gasteiger partial charge on any atom is 0.251 e. The topological polar surface area (TPSA) is 211 Å². The fraction of sp³-hybridized carbons (Fsp3) is 0.217. The Hall–Kier alpha value is -7.18. The maximum absolute atomic E-state index is 12.2. The lowest BCUT2D eigenvalue weighted by Crippen LogP contribution is -2.18. The second-order valence-electron chi connectivity index (χ2n) is 14.4. The highest BCUT2D eigenvalue weighted by Gasteiger charge is 2.17. The molecule has 0 bridgehead atoms. The molecule has 0 aliphatic carbocycles. The molecule has 328 valence electrons. The van der Waals surface area contributed by atoms with Crippen molar-refractivity contribution in [1.82, 2.24) is 60.5 Å². The van der Waals surface area contributed by atoms with Crippen LogP contribution in [0.3, 0.4) is 0 Å². The number of amides is 2. The van der Waals surface area contributed by atoms with Gasteiger partial charge in [-0.3, -0.25) is 19.6 Å². The van der Waals surface area contributed by atoms with Gasteiger partial charge in [0.1, 0.15) is 35.9 Å². The molecule has 0 aliphatic heterocycles. The van der Waals surface area contributed by atoms with Crippen molar-refractivity contribution in [3.63, 3.8) is 0 Å². The lowest BCUT2D eigenvalue weighted by molar-refractivity contribution is 0.0956. The van der Waals surface area contributed by atoms with Crippen LogP contribution in [0.1, 0.15) is 71.9 Å². The summed E-state index contributed by atoms with van der Waals surface area (Å²) in [5.41, 5.74) is 7.17. The summed E-state index contributed by atoms with van der Waals surface area (Å²) in [6.45, 7) is 8.87. The number of fused-ring (bicyclic) bond motifs is 2. The third-order valence-corrected chi connectivity index (χ3v) is 10.1. The normalized spacial score (nSPS) is 11.9. The molecule has 6 aromatic heterocycles. The van der Waals surface area contributed by atoms with Crippen molar-refractivity contribution in [2.24, 2.45) is 0 Å². The molecule has 4 N–H and O–H groups in total. The van der Waals surface area contributed by atoms with Crippen LogP contribution in [0.25, 0.3) is 44.3 Å². The first-order valence-corrected chi connectivity index (χ1v) is 19.9. The van der Waals surface area contributed by atoms with Gasteiger partial charge in [-0.25, -0.2) is 39.9 Å². The Labute approximate surface area is 387 Å². The van der Waals surface area contributed by atoms with Crippen molar-refractivity contribution < 1.29 is 12.3 Å². The first-order valence-electron chi connectivity index (χ1n) is 20.9. The standard InChI is InChI=1S/2C23H23N7O.2H2S/c2*1-14(17-5-4-6-18-19(23(31)24-3)7-8-25-22(17)18)10-28-21-9-20(29-13-30-21)16-11-26-15(2)27-12-16;;/h2*4-9,11-14H,10H2,1-3H3,(H,24,31)(H,28,29,30);2*1H2/t2*14-;;/m11../s1/i11D,12D;;;. The molecular weight excluding hydrogens is 845 g/mol. The number of hydrogen-bond acceptors (Lipinski definition) is 14. The molecule has 0 saturated carbocycles. The molecule has 64 heavy (non-hydrogen) atoms. The van der Waals surface area contributed by atoms with E-state index in [9.17, 15) is 9.59 Å². The summed E-state index contributed by atoms with van der Waals surface area (Å²) in [5.74, 6) is 2.29. The Kier molecular flexibility index (Phi) is 15.6. The zero-order chi connectivity index (χ0) is 45.3. The number of nitrogens with zero attached hydrogens (tertiary/aromatic N) is 10. The number of carbonyl (C=O) groups is 2. The van der Waals surface area contributed by atoms with Crippen LogP contribution in [0.2, 0.25) is 0 Å². The number of aryl methyl sites for hydroxylation is 2. The van der Waals surface area contributed by atoms with Gasteiger partial charge in [0, 0.05) is 110 Å². The molecule has 16 nitrogen and oxygen atoms in total. The van der Waals surface area contributed by atoms with Gasteiger partial charge in [-0.1, -0.05) is 50.2 Å². The Morgan fingerprint density at radius 1 is 0.578 bits per heavy atom. The molecule has 0 radical (unpaired) electrons. The van der Waals surface area contributed by atoms with E-state index in [-0.39, 0.29) is 68.6 Å². The summed E-state index contributed by atoms with van der Waals surface area (Å²) >= 11 is 0. The molecule has 0 saturated heterocycles. The van der Waals surface area contributed by atoms with E-state index in [1.165, 1.54) is 12.7 Å². The van der Waals surface area contributed by atoms with Gasteiger partial charge < -0.3 is 21.3 Å². The van der Waals surface area contributed by atoms with Gasteiger partial charge in [0.25, 0.3) is 11.8 Å². The summed E-state index contributed by atoms with van der Waals surface area (Å²) in [5, 5.41) is 13.7. The van der Waals surface area contributed by atoms with Crippen molar-refractivity contribution in [3.05, 3.63) is 144 Å². The average Bonchev–Trinajstić information content (AvgIpc) is 3.31. The Morgan fingerprint density at radius 3 is 1.47 bits per heavy atom. The van der Waals surface area contributed by atoms with Crippen molar-refractivity contribution in [1.29, 1.82) is 0 Å². The second kappa shape index (κ2) is 22.3. The third-order valence-electron chi connectivity index (χ3n) is 10.1. The third kappa shape index (κ3) is 11.2. The number of carbonyl (C=O) groups excluding carboxylic acids is 2. The van der Waals surface area contributed by atoms with E-state index in [0.717, 1.165) is 50.0 Å². The van der Waals surface area contributed by atoms with Crippen molar-refractivity contribution in [3.8, 4) is 22.5 Å². The number of nitrogens with one attached hydrogen (secondary N) is 4. The minimum Gasteiger partial charge on any atom is -0.369 e. The SMILES string of the molecule is CNC(=O)c1ccnc2c([C@H](C)CNc3cc(-c4cnc(C)nc4)ncn3)cccc12.S.S.[2H]c1nc(C)nc([2H])c1-c1cc(NC[C@@H](C)c2cccc3c(C(=O)NC)ccnc23)ncn1. The first kappa shape index (κ1) is 44.9. The van der Waals surface area contributed by atoms with Crippen molar-refractivity contribution in [2.75, 3.05) is 37.8 Å². The molecule has 0 aliphatic rings. The molecule has 0 fully saturated rings. The average molecular weight is 897 g/mol. The zero-order valence-electron chi connectivity index (χ0n) is 38.1. The minimum absolute atomic E-state index is 0. The van der Waals surface area contributed by atoms with E-state index in [1.807, 2.05) is 49.4 Å². The Bertz CT molecular complexity index is 2960. The number of aromatic nitrogens is 10. The molecule has 8 aromatic rings. The van der Waals surface area contributed by atoms with Crippen LogP contribution < -0.4 is 21.3 Å². The number of para-hydroxylation sites is 2. The highest BCUT2D eigenvalue weighted by molar-refractivity contribution is 7.59. The highest BCUT2D eigenvalue weighted by Crippen LogP contribution is 2.29. The van der Waals surface area contributed by atoms with Gasteiger partial charge in [-0.15, -0.1) is 0 Å². The van der Waals surface area contributed by atoms with Gasteiger partial charge in [0.05, 0.1) is 36.3 Å². The summed E-state index contributed by atoms with van der Waals surface area (Å²) in [6, 6.07) is 18.8. The van der Waals surface area contributed by atoms with Gasteiger partial charge in [-0.05, 0) is 37.1 Å². The molecule has 2 amide bonds. The summed E-state index contributed by atoms with van der Waals surface area (Å²) in [6.07, 6.45) is 9.66. The largest absolute Gasteiger partial charge is 0.369 e. The Balaban J connectivity index is 0.000000241. The van der Waals surface area contributed by atoms with E-state index in [0.29, 0.717) is 47.4 Å². The van der Waals surface area contributed by atoms with Crippen LogP contribution in [-0.4, -0.2) is 88.8 Å². The zero-order valence-corrected chi connectivity index (χ0v) is 38.1. The number of rotatable bonds is 12. The molecular formula is C46H50N14O2S2. The lowest BCUT2D eigenvalue weighted by Gasteiger charge is -2.16. The van der Waals surface area contributed by atoms with Gasteiger partial charge in [0.15, 0.2) is 0 Å². The minimum atomic E-state index is -0.151. The van der Waals surface area contributed by atoms with Gasteiger partial charge in [0.2, 0.25) is 0 Å². The Morgan fingerprint density at radius 2 is 1.02 bits per heavy atom. The maximum atomic E-state index is 12.2. The van der Waals surface area contributed by atoms with Gasteiger partial charge >= 0.3 is 0 Å². The fourth-order valence-corrected chi connectivity index (χ4v) is 6.76. The van der Waals surface area contributed by atoms with E-state index in [4.69, 9.17) is 2.74 Å². The lowest BCUT2D eigenvalue weighted by atomic mass is 9.96. The number of anilines is 2. The first-order chi connectivity index (χ1) is 30.9. The predicted octanol–water partition coefficient (Wildman–Crippen LogP) is 6.96. The molecule has 0 spiro atoms. The molecule has 2 atom stereocenters. The molecule has 8 rings (SSSR count). The molecule has 0 unspecified atom stereocenters. The van der Waals surface area contributed by atoms with Crippen LogP contribution in [0.4, 0.5) is 11.6 Å². The number of pyridine rings is 2. The molecule has 2 aromatic carbocycles. The van der Waals surface area contributed by atoms with E-state index in [2.05, 4.69) is 85.0 Å². The molecule has 6 heterocycles. The van der Waals surface area contributed by atoms with E-state index >= 15 is 0 Å². The van der Waals surface area contributed by atoms with Crippen LogP contribution >= 0.6 is 27.0 Å². The van der Waals surface area contributed by atoms with Gasteiger partial charge in [-0.2, -0.15) is 27.0 Å². The molecule has 18 heteroatoms.